The summed E-state index contributed by atoms with van der Waals surface area (Å²) in [4.78, 5) is 32.9. The molecule has 8 rings (SSSR count). The zero-order valence-electron chi connectivity index (χ0n) is 24.8. The first-order chi connectivity index (χ1) is 22.1. The molecule has 11 heteroatoms. The van der Waals surface area contributed by atoms with Crippen LogP contribution >= 0.6 is 0 Å². The number of hydrogen-bond donors (Lipinski definition) is 1. The zero-order valence-corrected chi connectivity index (χ0v) is 24.8. The molecule has 0 fully saturated rings. The minimum atomic E-state index is -0.146. The first-order valence-electron chi connectivity index (χ1n) is 14.5. The predicted octanol–water partition coefficient (Wildman–Crippen LogP) is 4.34. The van der Waals surface area contributed by atoms with Gasteiger partial charge < -0.3 is 28.6 Å². The number of benzene rings is 2. The molecule has 2 aliphatic heterocycles. The molecule has 6 heterocycles. The van der Waals surface area contributed by atoms with Gasteiger partial charge in [0, 0.05) is 61.8 Å². The Morgan fingerprint density at radius 2 is 1.27 bits per heavy atom. The van der Waals surface area contributed by atoms with E-state index in [0.717, 1.165) is 23.9 Å². The van der Waals surface area contributed by atoms with Crippen LogP contribution in [0.4, 0.5) is 0 Å². The molecule has 1 unspecified atom stereocenters. The second-order valence-corrected chi connectivity index (χ2v) is 10.7. The molecule has 45 heavy (non-hydrogen) atoms. The van der Waals surface area contributed by atoms with Crippen LogP contribution in [0.5, 0.6) is 11.5 Å². The highest BCUT2D eigenvalue weighted by molar-refractivity contribution is 5.63. The van der Waals surface area contributed by atoms with E-state index in [1.165, 1.54) is 24.3 Å². The van der Waals surface area contributed by atoms with Crippen LogP contribution in [0.3, 0.4) is 0 Å². The molecular formula is C34H31N7O4. The van der Waals surface area contributed by atoms with Gasteiger partial charge >= 0.3 is 0 Å². The molecule has 0 bridgehead atoms. The molecular weight excluding hydrogens is 570 g/mol. The van der Waals surface area contributed by atoms with Gasteiger partial charge in [-0.3, -0.25) is 14.3 Å². The fourth-order valence-corrected chi connectivity index (χ4v) is 6.27. The van der Waals surface area contributed by atoms with Crippen molar-refractivity contribution in [2.75, 3.05) is 19.6 Å². The highest BCUT2D eigenvalue weighted by Gasteiger charge is 2.34. The summed E-state index contributed by atoms with van der Waals surface area (Å²) in [6.45, 7) is 1.37. The minimum Gasteiger partial charge on any atom is -0.491 e. The Bertz CT molecular complexity index is 2040. The summed E-state index contributed by atoms with van der Waals surface area (Å²) in [5.74, 6) is 2.24. The molecule has 1 N–H and O–H groups in total. The molecule has 0 saturated heterocycles. The lowest BCUT2D eigenvalue weighted by Crippen LogP contribution is -2.31. The summed E-state index contributed by atoms with van der Waals surface area (Å²) in [5, 5.41) is 0. The van der Waals surface area contributed by atoms with E-state index < -0.39 is 0 Å². The lowest BCUT2D eigenvalue weighted by Gasteiger charge is -2.36. The molecule has 11 nitrogen and oxygen atoms in total. The molecule has 0 aliphatic carbocycles. The second-order valence-electron chi connectivity index (χ2n) is 10.7. The number of aromatic nitrogens is 6. The first kappa shape index (κ1) is 28.0. The number of fused-ring (bicyclic) bond motifs is 6. The third-order valence-electron chi connectivity index (χ3n) is 8.26. The van der Waals surface area contributed by atoms with Crippen LogP contribution in [0.25, 0.3) is 23.0 Å². The van der Waals surface area contributed by atoms with Crippen LogP contribution in [-0.4, -0.2) is 42.6 Å². The van der Waals surface area contributed by atoms with Crippen molar-refractivity contribution in [3.8, 4) is 34.5 Å². The highest BCUT2D eigenvalue weighted by atomic mass is 16.5. The zero-order chi connectivity index (χ0) is 30.9. The van der Waals surface area contributed by atoms with Crippen LogP contribution < -0.4 is 25.8 Å². The minimum absolute atomic E-state index is 0.0611. The van der Waals surface area contributed by atoms with E-state index in [9.17, 15) is 9.59 Å². The van der Waals surface area contributed by atoms with E-state index >= 15 is 0 Å². The van der Waals surface area contributed by atoms with Gasteiger partial charge in [-0.1, -0.05) is 60.7 Å². The third kappa shape index (κ3) is 4.88. The van der Waals surface area contributed by atoms with E-state index in [4.69, 9.17) is 9.47 Å². The van der Waals surface area contributed by atoms with Crippen molar-refractivity contribution in [3.05, 3.63) is 142 Å². The van der Waals surface area contributed by atoms with Gasteiger partial charge in [0.15, 0.2) is 28.8 Å². The molecule has 0 saturated carbocycles. The Morgan fingerprint density at radius 1 is 0.711 bits per heavy atom. The van der Waals surface area contributed by atoms with Crippen molar-refractivity contribution >= 4 is 0 Å². The maximum atomic E-state index is 12.5. The smallest absolute Gasteiger partial charge is 0.224 e. The van der Waals surface area contributed by atoms with Crippen LogP contribution in [0.2, 0.25) is 0 Å². The lowest BCUT2D eigenvalue weighted by molar-refractivity contribution is 0.356. The number of imidazole rings is 2. The van der Waals surface area contributed by atoms with Gasteiger partial charge in [0.2, 0.25) is 10.9 Å². The first-order valence-corrected chi connectivity index (χ1v) is 14.5. The molecule has 6 aromatic rings. The van der Waals surface area contributed by atoms with Crippen LogP contribution in [0, 0.1) is 0 Å². The van der Waals surface area contributed by atoms with Crippen molar-refractivity contribution in [1.29, 1.82) is 0 Å². The number of pyridine rings is 2. The maximum absolute atomic E-state index is 12.5. The summed E-state index contributed by atoms with van der Waals surface area (Å²) in [6.07, 6.45) is 10.8. The summed E-state index contributed by atoms with van der Waals surface area (Å²) >= 11 is 0. The SMILES string of the molecule is COc1c2n(ccc1=O)C(C(c1ccccc1)c1ccccc1)Cn1ccnc1-2.COc1c2n(ccc1=O)NCn1ccnc1-2. The average Bonchev–Trinajstić information content (AvgIpc) is 3.76. The fraction of sp³-hybridized carbons (Fsp3) is 0.176. The molecule has 226 valence electrons. The largest absolute Gasteiger partial charge is 0.491 e. The fourth-order valence-electron chi connectivity index (χ4n) is 6.27. The Labute approximate surface area is 258 Å². The molecule has 0 amide bonds. The second kappa shape index (κ2) is 11.7. The molecule has 2 aromatic carbocycles. The Morgan fingerprint density at radius 3 is 1.89 bits per heavy atom. The van der Waals surface area contributed by atoms with Gasteiger partial charge in [-0.05, 0) is 11.1 Å². The monoisotopic (exact) mass is 601 g/mol. The van der Waals surface area contributed by atoms with E-state index in [1.807, 2.05) is 35.3 Å². The van der Waals surface area contributed by atoms with Crippen LogP contribution in [0.15, 0.2) is 120 Å². The summed E-state index contributed by atoms with van der Waals surface area (Å²) < 4.78 is 18.6. The number of ether oxygens (including phenoxy) is 2. The molecule has 0 radical (unpaired) electrons. The standard InChI is InChI=1S/C24H21N3O2.C10H10N4O2/c1-29-23-20(28)12-14-27-19(16-26-15-13-25-24(26)22(23)27)21(17-8-4-2-5-9-17)18-10-6-3-7-11-18;1-16-9-7(15)2-4-14-8(9)10-11-3-5-13(10)6-12-14/h2-15,19,21H,16H2,1H3;2-5,12H,6H2,1H3. The van der Waals surface area contributed by atoms with Crippen molar-refractivity contribution < 1.29 is 9.47 Å². The topological polar surface area (TPSA) is 110 Å². The van der Waals surface area contributed by atoms with Crippen molar-refractivity contribution in [3.63, 3.8) is 0 Å². The molecule has 0 spiro atoms. The number of methoxy groups -OCH3 is 2. The summed E-state index contributed by atoms with van der Waals surface area (Å²) in [5.41, 5.74) is 6.70. The van der Waals surface area contributed by atoms with E-state index in [1.54, 1.807) is 36.4 Å². The molecule has 2 aliphatic rings. The van der Waals surface area contributed by atoms with Crippen LogP contribution in [-0.2, 0) is 13.2 Å². The maximum Gasteiger partial charge on any atom is 0.224 e. The highest BCUT2D eigenvalue weighted by Crippen LogP contribution is 2.43. The Balaban J connectivity index is 0.000000171. The normalized spacial score (nSPS) is 14.2. The molecule has 1 atom stereocenters. The van der Waals surface area contributed by atoms with Crippen molar-refractivity contribution in [1.82, 2.24) is 28.3 Å². The number of nitrogens with zero attached hydrogens (tertiary/aromatic N) is 6. The van der Waals surface area contributed by atoms with Crippen LogP contribution in [0.1, 0.15) is 23.1 Å². The Kier molecular flexibility index (Phi) is 7.26. The summed E-state index contributed by atoms with van der Waals surface area (Å²) in [6, 6.07) is 24.1. The van der Waals surface area contributed by atoms with E-state index in [0.29, 0.717) is 23.9 Å². The average molecular weight is 602 g/mol. The van der Waals surface area contributed by atoms with Gasteiger partial charge in [-0.25, -0.2) is 9.97 Å². The lowest BCUT2D eigenvalue weighted by atomic mass is 9.84. The van der Waals surface area contributed by atoms with Gasteiger partial charge in [0.25, 0.3) is 0 Å². The molecule has 4 aromatic heterocycles. The Hall–Kier alpha value is -5.84. The summed E-state index contributed by atoms with van der Waals surface area (Å²) in [7, 11) is 3.03. The van der Waals surface area contributed by atoms with Gasteiger partial charge in [0.05, 0.1) is 20.3 Å². The van der Waals surface area contributed by atoms with Gasteiger partial charge in [-0.15, -0.1) is 0 Å². The number of hydrogen-bond acceptors (Lipinski definition) is 7. The quantitative estimate of drug-likeness (QED) is 0.313. The van der Waals surface area contributed by atoms with E-state index in [2.05, 4.69) is 73.1 Å². The van der Waals surface area contributed by atoms with Crippen molar-refractivity contribution in [2.24, 2.45) is 0 Å². The third-order valence-corrected chi connectivity index (χ3v) is 8.26. The van der Waals surface area contributed by atoms with E-state index in [-0.39, 0.29) is 22.8 Å². The van der Waals surface area contributed by atoms with Gasteiger partial charge in [-0.2, -0.15) is 0 Å². The van der Waals surface area contributed by atoms with Crippen molar-refractivity contribution in [2.45, 2.75) is 25.2 Å². The number of nitrogens with one attached hydrogen (secondary N) is 1. The number of rotatable bonds is 5. The predicted molar refractivity (Wildman–Crippen MR) is 170 cm³/mol. The van der Waals surface area contributed by atoms with Gasteiger partial charge in [0.1, 0.15) is 12.4 Å².